The molecule has 0 amide bonds. The molecule has 1 aromatic heterocycles. The number of aromatic nitrogens is 1. The summed E-state index contributed by atoms with van der Waals surface area (Å²) in [4.78, 5) is 4.47. The van der Waals surface area contributed by atoms with Gasteiger partial charge >= 0.3 is 0 Å². The quantitative estimate of drug-likeness (QED) is 0.936. The van der Waals surface area contributed by atoms with Crippen molar-refractivity contribution in [2.75, 3.05) is 13.2 Å². The van der Waals surface area contributed by atoms with Crippen LogP contribution in [0.3, 0.4) is 0 Å². The molecule has 1 N–H and O–H groups in total. The Labute approximate surface area is 123 Å². The Balaban J connectivity index is 0.00000133. The van der Waals surface area contributed by atoms with E-state index in [-0.39, 0.29) is 12.4 Å². The van der Waals surface area contributed by atoms with Crippen molar-refractivity contribution < 1.29 is 4.74 Å². The van der Waals surface area contributed by atoms with Crippen LogP contribution in [0.15, 0.2) is 24.3 Å². The molecule has 0 aliphatic carbocycles. The Morgan fingerprint density at radius 1 is 1.32 bits per heavy atom. The van der Waals surface area contributed by atoms with Crippen LogP contribution in [0.1, 0.15) is 25.7 Å². The zero-order valence-corrected chi connectivity index (χ0v) is 12.4. The zero-order valence-electron chi connectivity index (χ0n) is 10.8. The first-order valence-electron chi connectivity index (χ1n) is 6.63. The van der Waals surface area contributed by atoms with Gasteiger partial charge in [0.25, 0.3) is 5.19 Å². The number of nitrogens with one attached hydrogen (secondary N) is 1. The highest BCUT2D eigenvalue weighted by atomic mass is 35.5. The van der Waals surface area contributed by atoms with E-state index >= 15 is 0 Å². The Morgan fingerprint density at radius 2 is 2.21 bits per heavy atom. The number of hydrogen-bond acceptors (Lipinski definition) is 4. The number of nitrogens with zero attached hydrogens (tertiary/aromatic N) is 1. The lowest BCUT2D eigenvalue weighted by molar-refractivity contribution is 0.267. The fraction of sp³-hybridized carbons (Fsp3) is 0.500. The van der Waals surface area contributed by atoms with Crippen LogP contribution in [0.2, 0.25) is 0 Å². The molecule has 2 heterocycles. The molecule has 1 aliphatic rings. The second-order valence-corrected chi connectivity index (χ2v) is 5.72. The van der Waals surface area contributed by atoms with E-state index in [2.05, 4.69) is 16.4 Å². The first-order chi connectivity index (χ1) is 8.92. The van der Waals surface area contributed by atoms with Gasteiger partial charge < -0.3 is 10.1 Å². The summed E-state index contributed by atoms with van der Waals surface area (Å²) in [5, 5.41) is 4.33. The number of para-hydroxylation sites is 1. The van der Waals surface area contributed by atoms with Crippen LogP contribution < -0.4 is 10.1 Å². The van der Waals surface area contributed by atoms with Crippen LogP contribution in [0.5, 0.6) is 5.19 Å². The lowest BCUT2D eigenvalue weighted by Crippen LogP contribution is -2.35. The number of rotatable bonds is 4. The molecule has 3 nitrogen and oxygen atoms in total. The summed E-state index contributed by atoms with van der Waals surface area (Å²) in [7, 11) is 0. The molecule has 19 heavy (non-hydrogen) atoms. The maximum Gasteiger partial charge on any atom is 0.274 e. The highest BCUT2D eigenvalue weighted by Crippen LogP contribution is 2.27. The molecule has 1 aromatic carbocycles. The number of fused-ring (bicyclic) bond motifs is 1. The maximum absolute atomic E-state index is 5.76. The van der Waals surface area contributed by atoms with Gasteiger partial charge in [0, 0.05) is 6.04 Å². The number of thiazole rings is 1. The molecule has 5 heteroatoms. The van der Waals surface area contributed by atoms with Crippen LogP contribution in [-0.4, -0.2) is 24.2 Å². The van der Waals surface area contributed by atoms with Gasteiger partial charge in [-0.1, -0.05) is 29.9 Å². The average molecular weight is 299 g/mol. The van der Waals surface area contributed by atoms with E-state index < -0.39 is 0 Å². The van der Waals surface area contributed by atoms with E-state index in [1.807, 2.05) is 18.2 Å². The van der Waals surface area contributed by atoms with Crippen molar-refractivity contribution in [1.29, 1.82) is 0 Å². The van der Waals surface area contributed by atoms with Crippen molar-refractivity contribution >= 4 is 34.0 Å². The predicted octanol–water partition coefficient (Wildman–Crippen LogP) is 3.63. The van der Waals surface area contributed by atoms with E-state index in [4.69, 9.17) is 4.74 Å². The molecule has 0 saturated carbocycles. The summed E-state index contributed by atoms with van der Waals surface area (Å²) >= 11 is 1.63. The Hall–Kier alpha value is -0.840. The summed E-state index contributed by atoms with van der Waals surface area (Å²) < 4.78 is 6.96. The largest absolute Gasteiger partial charge is 0.470 e. The van der Waals surface area contributed by atoms with Gasteiger partial charge in [-0.25, -0.2) is 4.98 Å². The van der Waals surface area contributed by atoms with Gasteiger partial charge in [-0.15, -0.1) is 12.4 Å². The lowest BCUT2D eigenvalue weighted by Gasteiger charge is -2.22. The smallest absolute Gasteiger partial charge is 0.274 e. The molecule has 0 spiro atoms. The lowest BCUT2D eigenvalue weighted by atomic mass is 10.0. The third-order valence-electron chi connectivity index (χ3n) is 3.38. The molecule has 1 unspecified atom stereocenters. The SMILES string of the molecule is Cl.c1ccc2sc(OCCC3CCCCN3)nc2c1. The molecule has 1 saturated heterocycles. The van der Waals surface area contributed by atoms with Crippen molar-refractivity contribution in [3.8, 4) is 5.19 Å². The normalized spacial score (nSPS) is 19.1. The second-order valence-electron chi connectivity index (χ2n) is 4.73. The van der Waals surface area contributed by atoms with Gasteiger partial charge in [0.05, 0.1) is 16.8 Å². The molecule has 1 aliphatic heterocycles. The minimum atomic E-state index is 0. The monoisotopic (exact) mass is 298 g/mol. The van der Waals surface area contributed by atoms with E-state index in [0.29, 0.717) is 6.04 Å². The average Bonchev–Trinajstić information content (AvgIpc) is 2.82. The molecular formula is C14H19ClN2OS. The van der Waals surface area contributed by atoms with Crippen LogP contribution in [-0.2, 0) is 0 Å². The van der Waals surface area contributed by atoms with E-state index in [0.717, 1.165) is 30.3 Å². The van der Waals surface area contributed by atoms with E-state index in [1.165, 1.54) is 24.0 Å². The van der Waals surface area contributed by atoms with Crippen molar-refractivity contribution in [3.05, 3.63) is 24.3 Å². The van der Waals surface area contributed by atoms with Crippen LogP contribution in [0.4, 0.5) is 0 Å². The highest BCUT2D eigenvalue weighted by Gasteiger charge is 2.12. The Bertz CT molecular complexity index is 478. The first kappa shape index (κ1) is 14.6. The Kier molecular flexibility index (Phi) is 5.43. The highest BCUT2D eigenvalue weighted by molar-refractivity contribution is 7.20. The second kappa shape index (κ2) is 7.08. The molecule has 0 radical (unpaired) electrons. The van der Waals surface area contributed by atoms with Gasteiger partial charge in [0.15, 0.2) is 0 Å². The van der Waals surface area contributed by atoms with E-state index in [1.54, 1.807) is 11.3 Å². The molecule has 1 atom stereocenters. The molecule has 0 bridgehead atoms. The number of halogens is 1. The minimum absolute atomic E-state index is 0. The van der Waals surface area contributed by atoms with Crippen molar-refractivity contribution in [2.24, 2.45) is 0 Å². The van der Waals surface area contributed by atoms with Gasteiger partial charge in [-0.2, -0.15) is 0 Å². The number of benzene rings is 1. The molecular weight excluding hydrogens is 280 g/mol. The summed E-state index contributed by atoms with van der Waals surface area (Å²) in [5.74, 6) is 0. The van der Waals surface area contributed by atoms with Crippen molar-refractivity contribution in [3.63, 3.8) is 0 Å². The fourth-order valence-corrected chi connectivity index (χ4v) is 3.21. The summed E-state index contributed by atoms with van der Waals surface area (Å²) in [5.41, 5.74) is 1.04. The Morgan fingerprint density at radius 3 is 3.00 bits per heavy atom. The van der Waals surface area contributed by atoms with Crippen LogP contribution >= 0.6 is 23.7 Å². The molecule has 1 fully saturated rings. The topological polar surface area (TPSA) is 34.1 Å². The van der Waals surface area contributed by atoms with Gasteiger partial charge in [0.1, 0.15) is 0 Å². The van der Waals surface area contributed by atoms with Gasteiger partial charge in [-0.3, -0.25) is 0 Å². The van der Waals surface area contributed by atoms with Crippen LogP contribution in [0.25, 0.3) is 10.2 Å². The minimum Gasteiger partial charge on any atom is -0.470 e. The zero-order chi connectivity index (χ0) is 12.2. The molecule has 2 aromatic rings. The maximum atomic E-state index is 5.76. The van der Waals surface area contributed by atoms with Gasteiger partial charge in [0.2, 0.25) is 0 Å². The summed E-state index contributed by atoms with van der Waals surface area (Å²) in [6, 6.07) is 8.80. The van der Waals surface area contributed by atoms with E-state index in [9.17, 15) is 0 Å². The van der Waals surface area contributed by atoms with Gasteiger partial charge in [-0.05, 0) is 37.9 Å². The summed E-state index contributed by atoms with van der Waals surface area (Å²) in [6.45, 7) is 1.92. The standard InChI is InChI=1S/C14H18N2OS.ClH/c1-2-7-13-12(6-1)16-14(18-13)17-10-8-11-5-3-4-9-15-11;/h1-2,6-7,11,15H,3-5,8-10H2;1H. The van der Waals surface area contributed by atoms with Crippen molar-refractivity contribution in [2.45, 2.75) is 31.7 Å². The molecule has 3 rings (SSSR count). The number of hydrogen-bond donors (Lipinski definition) is 1. The van der Waals surface area contributed by atoms with Crippen LogP contribution in [0, 0.1) is 0 Å². The third kappa shape index (κ3) is 3.81. The van der Waals surface area contributed by atoms with Crippen molar-refractivity contribution in [1.82, 2.24) is 10.3 Å². The predicted molar refractivity (Wildman–Crippen MR) is 82.6 cm³/mol. The number of piperidine rings is 1. The fourth-order valence-electron chi connectivity index (χ4n) is 2.37. The first-order valence-corrected chi connectivity index (χ1v) is 7.45. The third-order valence-corrected chi connectivity index (χ3v) is 4.33. The molecule has 104 valence electrons. The summed E-state index contributed by atoms with van der Waals surface area (Å²) in [6.07, 6.45) is 5.02. The number of ether oxygens (including phenoxy) is 1.